The first kappa shape index (κ1) is 24.1. The second kappa shape index (κ2) is 14.3. The first-order valence-corrected chi connectivity index (χ1v) is 8.83. The zero-order valence-electron chi connectivity index (χ0n) is 16.3. The van der Waals surface area contributed by atoms with E-state index in [1.807, 2.05) is 14.0 Å². The molecule has 2 N–H and O–H groups in total. The average Bonchev–Trinajstić information content (AvgIpc) is 2.57. The summed E-state index contributed by atoms with van der Waals surface area (Å²) in [4.78, 5) is 6.53. The summed E-state index contributed by atoms with van der Waals surface area (Å²) in [5.74, 6) is 0.852. The van der Waals surface area contributed by atoms with Crippen LogP contribution in [0.1, 0.15) is 36.9 Å². The van der Waals surface area contributed by atoms with Gasteiger partial charge in [-0.3, -0.25) is 4.99 Å². The molecule has 25 heavy (non-hydrogen) atoms. The van der Waals surface area contributed by atoms with Crippen LogP contribution in [0.4, 0.5) is 0 Å². The van der Waals surface area contributed by atoms with Crippen molar-refractivity contribution in [2.24, 2.45) is 4.99 Å². The normalized spacial score (nSPS) is 12.6. The van der Waals surface area contributed by atoms with Gasteiger partial charge >= 0.3 is 0 Å². The molecule has 0 radical (unpaired) electrons. The van der Waals surface area contributed by atoms with Gasteiger partial charge in [0.25, 0.3) is 0 Å². The van der Waals surface area contributed by atoms with Crippen molar-refractivity contribution in [3.05, 3.63) is 35.4 Å². The molecule has 0 aliphatic heterocycles. The number of nitrogens with one attached hydrogen (secondary N) is 2. The van der Waals surface area contributed by atoms with Crippen LogP contribution >= 0.6 is 24.0 Å². The summed E-state index contributed by atoms with van der Waals surface area (Å²) in [5, 5.41) is 6.80. The van der Waals surface area contributed by atoms with Crippen molar-refractivity contribution in [3.63, 3.8) is 0 Å². The quantitative estimate of drug-likeness (QED) is 0.243. The van der Waals surface area contributed by atoms with E-state index in [4.69, 9.17) is 4.74 Å². The van der Waals surface area contributed by atoms with Gasteiger partial charge in [0.05, 0.1) is 6.04 Å². The number of aryl methyl sites for hydroxylation is 1. The predicted molar refractivity (Wildman–Crippen MR) is 118 cm³/mol. The Morgan fingerprint density at radius 3 is 2.40 bits per heavy atom. The van der Waals surface area contributed by atoms with Crippen LogP contribution in [0.15, 0.2) is 29.3 Å². The summed E-state index contributed by atoms with van der Waals surface area (Å²) in [6, 6.07) is 9.04. The lowest BCUT2D eigenvalue weighted by atomic mass is 10.0. The zero-order valence-corrected chi connectivity index (χ0v) is 18.7. The van der Waals surface area contributed by atoms with Crippen molar-refractivity contribution in [2.75, 3.05) is 47.4 Å². The van der Waals surface area contributed by atoms with Crippen molar-refractivity contribution >= 4 is 29.9 Å². The molecule has 1 rings (SSSR count). The van der Waals surface area contributed by atoms with Crippen LogP contribution in [0.5, 0.6) is 0 Å². The first-order chi connectivity index (χ1) is 11.6. The van der Waals surface area contributed by atoms with Crippen LogP contribution < -0.4 is 10.6 Å². The summed E-state index contributed by atoms with van der Waals surface area (Å²) in [6.45, 7) is 7.49. The molecule has 144 valence electrons. The van der Waals surface area contributed by atoms with E-state index >= 15 is 0 Å². The Bertz CT molecular complexity index is 477. The van der Waals surface area contributed by atoms with E-state index in [-0.39, 0.29) is 24.0 Å². The molecule has 0 amide bonds. The molecule has 1 aromatic carbocycles. The monoisotopic (exact) mass is 462 g/mol. The Morgan fingerprint density at radius 2 is 1.84 bits per heavy atom. The van der Waals surface area contributed by atoms with Crippen molar-refractivity contribution < 1.29 is 4.74 Å². The van der Waals surface area contributed by atoms with Crippen molar-refractivity contribution in [1.29, 1.82) is 0 Å². The maximum absolute atomic E-state index is 5.35. The standard InChI is InChI=1S/C19H34N4O.HI/c1-6-24-14-8-7-13-21-19(20-3)22-15-18(23(4)5)17-11-9-16(2)10-12-17;/h9-12,18H,6-8,13-15H2,1-5H3,(H2,20,21,22);1H. The second-order valence-electron chi connectivity index (χ2n) is 6.17. The smallest absolute Gasteiger partial charge is 0.191 e. The van der Waals surface area contributed by atoms with E-state index in [2.05, 4.69) is 65.8 Å². The minimum Gasteiger partial charge on any atom is -0.382 e. The number of guanidine groups is 1. The maximum Gasteiger partial charge on any atom is 0.191 e. The van der Waals surface area contributed by atoms with Gasteiger partial charge in [0.15, 0.2) is 5.96 Å². The Hall–Kier alpha value is -0.860. The fourth-order valence-corrected chi connectivity index (χ4v) is 2.48. The van der Waals surface area contributed by atoms with Crippen molar-refractivity contribution in [1.82, 2.24) is 15.5 Å². The summed E-state index contributed by atoms with van der Waals surface area (Å²) < 4.78 is 5.35. The van der Waals surface area contributed by atoms with Gasteiger partial charge in [-0.05, 0) is 46.3 Å². The van der Waals surface area contributed by atoms with Gasteiger partial charge in [-0.15, -0.1) is 24.0 Å². The van der Waals surface area contributed by atoms with Crippen LogP contribution in [0, 0.1) is 6.92 Å². The Labute approximate surface area is 170 Å². The first-order valence-electron chi connectivity index (χ1n) is 8.83. The van der Waals surface area contributed by atoms with E-state index in [1.54, 1.807) is 0 Å². The summed E-state index contributed by atoms with van der Waals surface area (Å²) >= 11 is 0. The summed E-state index contributed by atoms with van der Waals surface area (Å²) in [6.07, 6.45) is 2.15. The van der Waals surface area contributed by atoms with E-state index < -0.39 is 0 Å². The highest BCUT2D eigenvalue weighted by Gasteiger charge is 2.14. The molecule has 0 spiro atoms. The van der Waals surface area contributed by atoms with Crippen LogP contribution in [0.3, 0.4) is 0 Å². The summed E-state index contributed by atoms with van der Waals surface area (Å²) in [7, 11) is 6.03. The number of unbranched alkanes of at least 4 members (excludes halogenated alkanes) is 1. The number of nitrogens with zero attached hydrogens (tertiary/aromatic N) is 2. The number of halogens is 1. The average molecular weight is 462 g/mol. The van der Waals surface area contributed by atoms with Gasteiger partial charge in [-0.1, -0.05) is 29.8 Å². The fourth-order valence-electron chi connectivity index (χ4n) is 2.48. The van der Waals surface area contributed by atoms with Gasteiger partial charge in [0.1, 0.15) is 0 Å². The molecule has 0 aliphatic carbocycles. The van der Waals surface area contributed by atoms with Gasteiger partial charge in [0, 0.05) is 33.4 Å². The molecule has 0 aliphatic rings. The van der Waals surface area contributed by atoms with E-state index in [0.29, 0.717) is 6.04 Å². The van der Waals surface area contributed by atoms with Crippen LogP contribution in [0.25, 0.3) is 0 Å². The molecular weight excluding hydrogens is 427 g/mol. The lowest BCUT2D eigenvalue weighted by Gasteiger charge is -2.26. The molecule has 6 heteroatoms. The molecule has 0 saturated heterocycles. The van der Waals surface area contributed by atoms with Crippen LogP contribution in [-0.4, -0.2) is 58.3 Å². The molecule has 0 bridgehead atoms. The number of hydrogen-bond acceptors (Lipinski definition) is 3. The molecule has 0 aromatic heterocycles. The number of ether oxygens (including phenoxy) is 1. The van der Waals surface area contributed by atoms with E-state index in [1.165, 1.54) is 11.1 Å². The van der Waals surface area contributed by atoms with Crippen LogP contribution in [0.2, 0.25) is 0 Å². The van der Waals surface area contributed by atoms with Crippen LogP contribution in [-0.2, 0) is 4.74 Å². The molecule has 0 heterocycles. The third-order valence-corrected chi connectivity index (χ3v) is 3.98. The lowest BCUT2D eigenvalue weighted by molar-refractivity contribution is 0.143. The summed E-state index contributed by atoms with van der Waals surface area (Å²) in [5.41, 5.74) is 2.60. The molecule has 0 saturated carbocycles. The third kappa shape index (κ3) is 10.0. The number of rotatable bonds is 10. The molecule has 1 atom stereocenters. The molecule has 1 aromatic rings. The lowest BCUT2D eigenvalue weighted by Crippen LogP contribution is -2.42. The maximum atomic E-state index is 5.35. The van der Waals surface area contributed by atoms with E-state index in [0.717, 1.165) is 45.1 Å². The highest BCUT2D eigenvalue weighted by Crippen LogP contribution is 2.17. The van der Waals surface area contributed by atoms with Gasteiger partial charge in [-0.2, -0.15) is 0 Å². The van der Waals surface area contributed by atoms with Gasteiger partial charge in [-0.25, -0.2) is 0 Å². The number of likely N-dealkylation sites (N-methyl/N-ethyl adjacent to an activating group) is 1. The highest BCUT2D eigenvalue weighted by atomic mass is 127. The largest absolute Gasteiger partial charge is 0.382 e. The minimum atomic E-state index is 0. The molecular formula is C19H35IN4O. The third-order valence-electron chi connectivity index (χ3n) is 3.98. The molecule has 1 unspecified atom stereocenters. The fraction of sp³-hybridized carbons (Fsp3) is 0.632. The predicted octanol–water partition coefficient (Wildman–Crippen LogP) is 3.20. The number of aliphatic imine (C=N–C) groups is 1. The zero-order chi connectivity index (χ0) is 17.8. The second-order valence-corrected chi connectivity index (χ2v) is 6.17. The van der Waals surface area contributed by atoms with Crippen molar-refractivity contribution in [2.45, 2.75) is 32.7 Å². The Morgan fingerprint density at radius 1 is 1.16 bits per heavy atom. The number of hydrogen-bond donors (Lipinski definition) is 2. The van der Waals surface area contributed by atoms with Crippen molar-refractivity contribution in [3.8, 4) is 0 Å². The molecule has 0 fully saturated rings. The van der Waals surface area contributed by atoms with E-state index in [9.17, 15) is 0 Å². The van der Waals surface area contributed by atoms with Gasteiger partial charge in [0.2, 0.25) is 0 Å². The molecule has 5 nitrogen and oxygen atoms in total. The SMILES string of the molecule is CCOCCCCNC(=NC)NCC(c1ccc(C)cc1)N(C)C.I. The topological polar surface area (TPSA) is 48.9 Å². The Balaban J connectivity index is 0.00000576. The highest BCUT2D eigenvalue weighted by molar-refractivity contribution is 14.0. The number of benzene rings is 1. The Kier molecular flexibility index (Phi) is 13.8. The van der Waals surface area contributed by atoms with Gasteiger partial charge < -0.3 is 20.3 Å². The minimum absolute atomic E-state index is 0.